The van der Waals surface area contributed by atoms with Gasteiger partial charge in [0.2, 0.25) is 0 Å². The molecular weight excluding hydrogens is 210 g/mol. The fraction of sp³-hybridized carbons (Fsp3) is 0.727. The normalized spacial score (nSPS) is 18.1. The summed E-state index contributed by atoms with van der Waals surface area (Å²) < 4.78 is 0. The maximum absolute atomic E-state index is 11.6. The summed E-state index contributed by atoms with van der Waals surface area (Å²) in [4.78, 5) is 38.7. The molecule has 1 aliphatic heterocycles. The van der Waals surface area contributed by atoms with E-state index in [1.54, 1.807) is 6.92 Å². The van der Waals surface area contributed by atoms with Crippen LogP contribution in [-0.2, 0) is 19.2 Å². The van der Waals surface area contributed by atoms with Crippen LogP contribution < -0.4 is 0 Å². The third kappa shape index (κ3) is 3.05. The van der Waals surface area contributed by atoms with Crippen LogP contribution in [0, 0.1) is 11.8 Å². The predicted octanol–water partition coefficient (Wildman–Crippen LogP) is 1.28. The molecule has 1 saturated heterocycles. The van der Waals surface area contributed by atoms with Gasteiger partial charge in [0.25, 0.3) is 11.8 Å². The monoisotopic (exact) mass is 227 g/mol. The summed E-state index contributed by atoms with van der Waals surface area (Å²) in [6, 6.07) is 0. The van der Waals surface area contributed by atoms with Gasteiger partial charge in [0.05, 0.1) is 5.92 Å². The number of amides is 2. The average Bonchev–Trinajstić information content (AvgIpc) is 2.48. The van der Waals surface area contributed by atoms with E-state index >= 15 is 0 Å². The summed E-state index contributed by atoms with van der Waals surface area (Å²) in [5.41, 5.74) is 0. The molecule has 0 bridgehead atoms. The van der Waals surface area contributed by atoms with E-state index in [4.69, 9.17) is 4.84 Å². The Balaban J connectivity index is 2.50. The Bertz CT molecular complexity index is 295. The lowest BCUT2D eigenvalue weighted by molar-refractivity contribution is -0.200. The van der Waals surface area contributed by atoms with Crippen LogP contribution in [0.2, 0.25) is 0 Å². The minimum atomic E-state index is -0.516. The Kier molecular flexibility index (Phi) is 4.04. The lowest BCUT2D eigenvalue weighted by atomic mass is 9.99. The third-order valence-electron chi connectivity index (χ3n) is 2.41. The summed E-state index contributed by atoms with van der Waals surface area (Å²) >= 11 is 0. The van der Waals surface area contributed by atoms with Crippen molar-refractivity contribution in [2.45, 2.75) is 40.0 Å². The second-order valence-corrected chi connectivity index (χ2v) is 4.52. The largest absolute Gasteiger partial charge is 0.335 e. The third-order valence-corrected chi connectivity index (χ3v) is 2.41. The molecular formula is C11H17NO4. The van der Waals surface area contributed by atoms with Crippen molar-refractivity contribution in [3.8, 4) is 0 Å². The first-order chi connectivity index (χ1) is 7.41. The summed E-state index contributed by atoms with van der Waals surface area (Å²) in [6.45, 7) is 5.72. The van der Waals surface area contributed by atoms with Crippen LogP contribution in [-0.4, -0.2) is 22.8 Å². The zero-order chi connectivity index (χ0) is 12.3. The second-order valence-electron chi connectivity index (χ2n) is 4.52. The molecule has 1 aliphatic rings. The molecule has 0 aromatic carbocycles. The summed E-state index contributed by atoms with van der Waals surface area (Å²) in [7, 11) is 0. The molecule has 0 N–H and O–H groups in total. The molecule has 1 fully saturated rings. The molecule has 0 radical (unpaired) electrons. The van der Waals surface area contributed by atoms with Crippen molar-refractivity contribution in [1.29, 1.82) is 0 Å². The van der Waals surface area contributed by atoms with Crippen LogP contribution >= 0.6 is 0 Å². The quantitative estimate of drug-likeness (QED) is 0.678. The van der Waals surface area contributed by atoms with E-state index in [-0.39, 0.29) is 18.8 Å². The highest BCUT2D eigenvalue weighted by Crippen LogP contribution is 2.17. The van der Waals surface area contributed by atoms with Gasteiger partial charge in [-0.25, -0.2) is 4.79 Å². The fourth-order valence-electron chi connectivity index (χ4n) is 1.64. The van der Waals surface area contributed by atoms with Crippen LogP contribution in [0.15, 0.2) is 0 Å². The van der Waals surface area contributed by atoms with Gasteiger partial charge < -0.3 is 4.84 Å². The van der Waals surface area contributed by atoms with E-state index in [1.807, 2.05) is 13.8 Å². The molecule has 5 nitrogen and oxygen atoms in total. The molecule has 0 aliphatic carbocycles. The molecule has 0 saturated carbocycles. The number of hydroxylamine groups is 2. The second kappa shape index (κ2) is 5.09. The predicted molar refractivity (Wildman–Crippen MR) is 55.8 cm³/mol. The zero-order valence-electron chi connectivity index (χ0n) is 9.86. The van der Waals surface area contributed by atoms with E-state index in [1.165, 1.54) is 0 Å². The number of imide groups is 1. The Morgan fingerprint density at radius 1 is 1.25 bits per heavy atom. The van der Waals surface area contributed by atoms with Gasteiger partial charge in [-0.15, -0.1) is 5.06 Å². The van der Waals surface area contributed by atoms with Crippen molar-refractivity contribution in [2.75, 3.05) is 0 Å². The molecule has 5 heteroatoms. The number of nitrogens with zero attached hydrogens (tertiary/aromatic N) is 1. The van der Waals surface area contributed by atoms with Crippen LogP contribution in [0.4, 0.5) is 0 Å². The molecule has 1 rings (SSSR count). The molecule has 0 spiro atoms. The first-order valence-corrected chi connectivity index (χ1v) is 5.49. The maximum atomic E-state index is 11.6. The van der Waals surface area contributed by atoms with Gasteiger partial charge in [0.1, 0.15) is 0 Å². The van der Waals surface area contributed by atoms with Crippen molar-refractivity contribution in [3.63, 3.8) is 0 Å². The minimum absolute atomic E-state index is 0.130. The Morgan fingerprint density at radius 2 is 1.75 bits per heavy atom. The smallest absolute Gasteiger partial charge is 0.330 e. The molecule has 1 heterocycles. The van der Waals surface area contributed by atoms with E-state index in [0.29, 0.717) is 17.4 Å². The first kappa shape index (κ1) is 12.7. The highest BCUT2D eigenvalue weighted by Gasteiger charge is 2.33. The Morgan fingerprint density at radius 3 is 2.19 bits per heavy atom. The van der Waals surface area contributed by atoms with Gasteiger partial charge in [-0.2, -0.15) is 0 Å². The number of carbonyl (C=O) groups is 3. The van der Waals surface area contributed by atoms with Crippen molar-refractivity contribution in [2.24, 2.45) is 11.8 Å². The van der Waals surface area contributed by atoms with E-state index in [2.05, 4.69) is 0 Å². The SMILES string of the molecule is CC(C)CC(C)C(=O)ON1C(=O)CCC1=O. The van der Waals surface area contributed by atoms with Crippen LogP contribution in [0.25, 0.3) is 0 Å². The highest BCUT2D eigenvalue weighted by atomic mass is 16.7. The van der Waals surface area contributed by atoms with Crippen molar-refractivity contribution in [1.82, 2.24) is 5.06 Å². The molecule has 0 aromatic rings. The molecule has 0 aromatic heterocycles. The van der Waals surface area contributed by atoms with E-state index in [9.17, 15) is 14.4 Å². The van der Waals surface area contributed by atoms with Gasteiger partial charge in [0.15, 0.2) is 0 Å². The summed E-state index contributed by atoms with van der Waals surface area (Å²) in [5, 5.41) is 0.596. The number of hydrogen-bond donors (Lipinski definition) is 0. The Labute approximate surface area is 94.7 Å². The van der Waals surface area contributed by atoms with Crippen LogP contribution in [0.3, 0.4) is 0 Å². The number of rotatable bonds is 4. The highest BCUT2D eigenvalue weighted by molar-refractivity contribution is 6.01. The lowest BCUT2D eigenvalue weighted by Crippen LogP contribution is -2.34. The topological polar surface area (TPSA) is 63.7 Å². The van der Waals surface area contributed by atoms with E-state index in [0.717, 1.165) is 0 Å². The van der Waals surface area contributed by atoms with Gasteiger partial charge in [-0.05, 0) is 12.3 Å². The van der Waals surface area contributed by atoms with Crippen molar-refractivity contribution in [3.05, 3.63) is 0 Å². The van der Waals surface area contributed by atoms with Gasteiger partial charge in [-0.3, -0.25) is 9.59 Å². The lowest BCUT2D eigenvalue weighted by Gasteiger charge is -2.17. The van der Waals surface area contributed by atoms with Crippen molar-refractivity contribution < 1.29 is 19.2 Å². The number of carbonyl (C=O) groups excluding carboxylic acids is 3. The molecule has 90 valence electrons. The number of hydrogen-bond acceptors (Lipinski definition) is 4. The van der Waals surface area contributed by atoms with Crippen molar-refractivity contribution >= 4 is 17.8 Å². The van der Waals surface area contributed by atoms with Gasteiger partial charge >= 0.3 is 5.97 Å². The van der Waals surface area contributed by atoms with Crippen LogP contribution in [0.5, 0.6) is 0 Å². The molecule has 16 heavy (non-hydrogen) atoms. The summed E-state index contributed by atoms with van der Waals surface area (Å²) in [6.07, 6.45) is 0.935. The maximum Gasteiger partial charge on any atom is 0.335 e. The zero-order valence-corrected chi connectivity index (χ0v) is 9.86. The Hall–Kier alpha value is -1.39. The average molecular weight is 227 g/mol. The first-order valence-electron chi connectivity index (χ1n) is 5.49. The molecule has 1 unspecified atom stereocenters. The van der Waals surface area contributed by atoms with E-state index < -0.39 is 17.8 Å². The minimum Gasteiger partial charge on any atom is -0.330 e. The van der Waals surface area contributed by atoms with Gasteiger partial charge in [-0.1, -0.05) is 20.8 Å². The van der Waals surface area contributed by atoms with Gasteiger partial charge in [0, 0.05) is 12.8 Å². The fourth-order valence-corrected chi connectivity index (χ4v) is 1.64. The standard InChI is InChI=1S/C11H17NO4/c1-7(2)6-8(3)11(15)16-12-9(13)4-5-10(12)14/h7-8H,4-6H2,1-3H3. The van der Waals surface area contributed by atoms with Crippen LogP contribution in [0.1, 0.15) is 40.0 Å². The molecule has 2 amide bonds. The summed E-state index contributed by atoms with van der Waals surface area (Å²) in [5.74, 6) is -1.32. The molecule has 1 atom stereocenters.